The zero-order valence-corrected chi connectivity index (χ0v) is 7.57. The Morgan fingerprint density at radius 2 is 2.00 bits per heavy atom. The lowest BCUT2D eigenvalue weighted by molar-refractivity contribution is 0.0644. The van der Waals surface area contributed by atoms with Gasteiger partial charge in [-0.05, 0) is 12.8 Å². The molecule has 1 nitrogen and oxygen atoms in total. The maximum absolute atomic E-state index is 12.9. The molecular weight excluding hydrogens is 141 g/mol. The van der Waals surface area contributed by atoms with Gasteiger partial charge in [0.15, 0.2) is 0 Å². The van der Waals surface area contributed by atoms with E-state index in [2.05, 4.69) is 13.5 Å². The van der Waals surface area contributed by atoms with Gasteiger partial charge in [0.2, 0.25) is 0 Å². The molecule has 0 aliphatic rings. The molecule has 66 valence electrons. The summed E-state index contributed by atoms with van der Waals surface area (Å²) in [5.41, 5.74) is 0.612. The normalized spacial score (nSPS) is 9.73. The summed E-state index contributed by atoms with van der Waals surface area (Å²) in [5.74, 6) is 0. The Hall–Kier alpha value is -0.530. The molecule has 0 N–H and O–H groups in total. The summed E-state index contributed by atoms with van der Waals surface area (Å²) >= 11 is 0. The van der Waals surface area contributed by atoms with Crippen LogP contribution in [0.25, 0.3) is 0 Å². The van der Waals surface area contributed by atoms with E-state index in [9.17, 15) is 4.48 Å². The molecule has 0 saturated carbocycles. The highest BCUT2D eigenvalue weighted by molar-refractivity contribution is 4.88. The van der Waals surface area contributed by atoms with Crippen molar-refractivity contribution in [2.45, 2.75) is 39.5 Å². The number of nitrogens with zero attached hydrogens (tertiary/aromatic N) is 1. The van der Waals surface area contributed by atoms with E-state index in [1.165, 1.54) is 0 Å². The predicted octanol–water partition coefficient (Wildman–Crippen LogP) is 3.29. The van der Waals surface area contributed by atoms with Crippen LogP contribution in [0.3, 0.4) is 0 Å². The van der Waals surface area contributed by atoms with E-state index in [0.717, 1.165) is 30.8 Å². The second-order valence-electron chi connectivity index (χ2n) is 2.76. The maximum Gasteiger partial charge on any atom is 0.0501 e. The third-order valence-electron chi connectivity index (χ3n) is 1.59. The van der Waals surface area contributed by atoms with Crippen LogP contribution >= 0.6 is 0 Å². The van der Waals surface area contributed by atoms with Crippen molar-refractivity contribution in [3.63, 3.8) is 0 Å². The lowest BCUT2D eigenvalue weighted by Gasteiger charge is -2.14. The topological polar surface area (TPSA) is 3.24 Å². The average Bonchev–Trinajstić information content (AvgIpc) is 2.00. The van der Waals surface area contributed by atoms with Gasteiger partial charge in [0.1, 0.15) is 0 Å². The lowest BCUT2D eigenvalue weighted by atomic mass is 10.2. The zero-order valence-electron chi connectivity index (χ0n) is 7.57. The van der Waals surface area contributed by atoms with E-state index in [0.29, 0.717) is 12.2 Å². The van der Waals surface area contributed by atoms with Crippen LogP contribution in [0, 0.1) is 0 Å². The molecule has 0 rings (SSSR count). The number of hydrogen-bond donors (Lipinski definition) is 0. The van der Waals surface area contributed by atoms with Gasteiger partial charge in [-0.1, -0.05) is 33.3 Å². The molecule has 0 bridgehead atoms. The van der Waals surface area contributed by atoms with Crippen molar-refractivity contribution in [1.29, 1.82) is 0 Å². The van der Waals surface area contributed by atoms with E-state index >= 15 is 0 Å². The number of unbranched alkanes of at least 4 members (excludes halogenated alkanes) is 1. The summed E-state index contributed by atoms with van der Waals surface area (Å²) in [5, 5.41) is 0.771. The van der Waals surface area contributed by atoms with Crippen molar-refractivity contribution in [3.8, 4) is 0 Å². The number of halogens is 1. The molecule has 0 aliphatic heterocycles. The van der Waals surface area contributed by atoms with Crippen molar-refractivity contribution < 1.29 is 4.48 Å². The first-order valence-electron chi connectivity index (χ1n) is 4.33. The van der Waals surface area contributed by atoms with Gasteiger partial charge >= 0.3 is 0 Å². The molecule has 0 saturated heterocycles. The minimum absolute atomic E-state index is 0.495. The summed E-state index contributed by atoms with van der Waals surface area (Å²) in [6.45, 7) is 8.22. The number of rotatable bonds is 6. The van der Waals surface area contributed by atoms with Gasteiger partial charge in [-0.15, -0.1) is 4.48 Å². The summed E-state index contributed by atoms with van der Waals surface area (Å²) in [6.07, 6.45) is 3.66. The molecule has 0 spiro atoms. The fraction of sp³-hybridized carbons (Fsp3) is 0.778. The Kier molecular flexibility index (Phi) is 5.90. The van der Waals surface area contributed by atoms with Gasteiger partial charge in [-0.2, -0.15) is 0 Å². The molecule has 0 aliphatic carbocycles. The highest BCUT2D eigenvalue weighted by atomic mass is 19.2. The Morgan fingerprint density at radius 3 is 2.45 bits per heavy atom. The largest absolute Gasteiger partial charge is 0.217 e. The Morgan fingerprint density at radius 1 is 1.36 bits per heavy atom. The standard InChI is InChI=1S/C9H18FN/c1-4-6-8-11(10)9(3)7-5-2/h3-8H2,1-2H3. The first kappa shape index (κ1) is 10.5. The van der Waals surface area contributed by atoms with Crippen LogP contribution in [0.1, 0.15) is 39.5 Å². The Bertz CT molecular complexity index is 112. The van der Waals surface area contributed by atoms with Crippen LogP contribution in [-0.4, -0.2) is 11.7 Å². The third-order valence-corrected chi connectivity index (χ3v) is 1.59. The first-order chi connectivity index (χ1) is 5.22. The first-order valence-corrected chi connectivity index (χ1v) is 4.33. The van der Waals surface area contributed by atoms with Gasteiger partial charge < -0.3 is 0 Å². The smallest absolute Gasteiger partial charge is 0.0501 e. The van der Waals surface area contributed by atoms with Crippen LogP contribution in [-0.2, 0) is 0 Å². The molecule has 0 atom stereocenters. The zero-order chi connectivity index (χ0) is 8.69. The second kappa shape index (κ2) is 6.20. The molecule has 0 radical (unpaired) electrons. The van der Waals surface area contributed by atoms with Crippen molar-refractivity contribution in [1.82, 2.24) is 5.12 Å². The summed E-state index contributed by atoms with van der Waals surface area (Å²) in [6, 6.07) is 0. The van der Waals surface area contributed by atoms with E-state index in [-0.39, 0.29) is 0 Å². The van der Waals surface area contributed by atoms with Crippen molar-refractivity contribution in [2.75, 3.05) is 6.54 Å². The van der Waals surface area contributed by atoms with E-state index < -0.39 is 0 Å². The van der Waals surface area contributed by atoms with Crippen LogP contribution in [0.15, 0.2) is 12.3 Å². The lowest BCUT2D eigenvalue weighted by Crippen LogP contribution is -2.13. The molecule has 2 heteroatoms. The highest BCUT2D eigenvalue weighted by Gasteiger charge is 2.02. The molecule has 0 fully saturated rings. The van der Waals surface area contributed by atoms with Crippen LogP contribution < -0.4 is 0 Å². The van der Waals surface area contributed by atoms with Gasteiger partial charge in [0.25, 0.3) is 0 Å². The van der Waals surface area contributed by atoms with Crippen LogP contribution in [0.2, 0.25) is 0 Å². The van der Waals surface area contributed by atoms with Gasteiger partial charge in [0, 0.05) is 5.70 Å². The maximum atomic E-state index is 12.9. The SMILES string of the molecule is C=C(CCC)N(F)CCCC. The minimum atomic E-state index is 0.495. The summed E-state index contributed by atoms with van der Waals surface area (Å²) < 4.78 is 12.9. The second-order valence-corrected chi connectivity index (χ2v) is 2.76. The van der Waals surface area contributed by atoms with E-state index in [4.69, 9.17) is 0 Å². The number of allylic oxidation sites excluding steroid dienone is 1. The molecule has 0 aromatic carbocycles. The van der Waals surface area contributed by atoms with E-state index in [1.54, 1.807) is 0 Å². The molecular formula is C9H18FN. The van der Waals surface area contributed by atoms with E-state index in [1.807, 2.05) is 6.92 Å². The van der Waals surface area contributed by atoms with Gasteiger partial charge in [-0.25, -0.2) is 5.12 Å². The van der Waals surface area contributed by atoms with Gasteiger partial charge in [-0.3, -0.25) is 0 Å². The fourth-order valence-corrected chi connectivity index (χ4v) is 0.865. The van der Waals surface area contributed by atoms with Crippen molar-refractivity contribution in [2.24, 2.45) is 0 Å². The quantitative estimate of drug-likeness (QED) is 0.537. The molecule has 0 aromatic heterocycles. The molecule has 0 unspecified atom stereocenters. The summed E-state index contributed by atoms with van der Waals surface area (Å²) in [4.78, 5) is 0. The Labute approximate surface area is 68.8 Å². The average molecular weight is 159 g/mol. The van der Waals surface area contributed by atoms with Crippen LogP contribution in [0.5, 0.6) is 0 Å². The molecule has 11 heavy (non-hydrogen) atoms. The monoisotopic (exact) mass is 159 g/mol. The third kappa shape index (κ3) is 4.82. The molecule has 0 aromatic rings. The van der Waals surface area contributed by atoms with Crippen molar-refractivity contribution in [3.05, 3.63) is 12.3 Å². The summed E-state index contributed by atoms with van der Waals surface area (Å²) in [7, 11) is 0. The van der Waals surface area contributed by atoms with Crippen LogP contribution in [0.4, 0.5) is 4.48 Å². The predicted molar refractivity (Wildman–Crippen MR) is 46.8 cm³/mol. The highest BCUT2D eigenvalue weighted by Crippen LogP contribution is 2.10. The molecule has 0 heterocycles. The minimum Gasteiger partial charge on any atom is -0.217 e. The molecule has 0 amide bonds. The van der Waals surface area contributed by atoms with Gasteiger partial charge in [0.05, 0.1) is 6.54 Å². The van der Waals surface area contributed by atoms with Crippen molar-refractivity contribution >= 4 is 0 Å². The Balaban J connectivity index is 3.46. The fourth-order valence-electron chi connectivity index (χ4n) is 0.865. The number of hydrogen-bond acceptors (Lipinski definition) is 1.